The number of hydrogen-bond acceptors (Lipinski definition) is 5. The van der Waals surface area contributed by atoms with Gasteiger partial charge in [-0.3, -0.25) is 4.79 Å². The Balaban J connectivity index is 1.55. The molecule has 0 fully saturated rings. The highest BCUT2D eigenvalue weighted by Crippen LogP contribution is 2.31. The molecule has 33 heavy (non-hydrogen) atoms. The zero-order valence-electron chi connectivity index (χ0n) is 18.4. The standard InChI is InChI=1S/C25H25N3O3S2/c1-3-28(2)33(30,31)20-14-15-22-23(16-20)32-25(26-22)27-24(29)17-21(18-10-6-4-7-11-18)19-12-8-5-9-13-19/h4-16,21H,3,17H2,1-2H3,(H,26,27,29). The van der Waals surface area contributed by atoms with Gasteiger partial charge in [0.15, 0.2) is 5.13 Å². The Hall–Kier alpha value is -3.07. The van der Waals surface area contributed by atoms with Crippen LogP contribution in [-0.2, 0) is 14.8 Å². The summed E-state index contributed by atoms with van der Waals surface area (Å²) in [6, 6.07) is 24.7. The van der Waals surface area contributed by atoms with Crippen molar-refractivity contribution in [3.8, 4) is 0 Å². The Morgan fingerprint density at radius 3 is 2.18 bits per heavy atom. The van der Waals surface area contributed by atoms with Gasteiger partial charge in [-0.15, -0.1) is 0 Å². The molecule has 0 atom stereocenters. The summed E-state index contributed by atoms with van der Waals surface area (Å²) in [6.45, 7) is 2.17. The van der Waals surface area contributed by atoms with Gasteiger partial charge < -0.3 is 5.32 Å². The molecule has 1 amide bonds. The van der Waals surface area contributed by atoms with Gasteiger partial charge in [-0.25, -0.2) is 17.7 Å². The number of carbonyl (C=O) groups excluding carboxylic acids is 1. The lowest BCUT2D eigenvalue weighted by atomic mass is 9.88. The Morgan fingerprint density at radius 1 is 1.00 bits per heavy atom. The summed E-state index contributed by atoms with van der Waals surface area (Å²) in [6.07, 6.45) is 0.269. The number of sulfonamides is 1. The van der Waals surface area contributed by atoms with Crippen molar-refractivity contribution < 1.29 is 13.2 Å². The van der Waals surface area contributed by atoms with Crippen LogP contribution in [-0.4, -0.2) is 37.2 Å². The second kappa shape index (κ2) is 9.82. The highest BCUT2D eigenvalue weighted by molar-refractivity contribution is 7.89. The molecular weight excluding hydrogens is 454 g/mol. The second-order valence-corrected chi connectivity index (χ2v) is 10.8. The van der Waals surface area contributed by atoms with E-state index in [1.807, 2.05) is 60.7 Å². The van der Waals surface area contributed by atoms with Crippen molar-refractivity contribution in [1.29, 1.82) is 0 Å². The van der Waals surface area contributed by atoms with Crippen LogP contribution in [0.3, 0.4) is 0 Å². The minimum absolute atomic E-state index is 0.0805. The zero-order chi connectivity index (χ0) is 23.4. The number of amides is 1. The SMILES string of the molecule is CCN(C)S(=O)(=O)c1ccc2nc(NC(=O)CC(c3ccccc3)c3ccccc3)sc2c1. The average molecular weight is 480 g/mol. The maximum absolute atomic E-state index is 13.0. The van der Waals surface area contributed by atoms with Gasteiger partial charge in [0, 0.05) is 25.9 Å². The van der Waals surface area contributed by atoms with Gasteiger partial charge in [-0.1, -0.05) is 78.9 Å². The van der Waals surface area contributed by atoms with Gasteiger partial charge >= 0.3 is 0 Å². The Labute approximate surface area is 198 Å². The number of fused-ring (bicyclic) bond motifs is 1. The highest BCUT2D eigenvalue weighted by atomic mass is 32.2. The topological polar surface area (TPSA) is 79.4 Å². The fourth-order valence-corrected chi connectivity index (χ4v) is 5.83. The van der Waals surface area contributed by atoms with Crippen LogP contribution in [0.2, 0.25) is 0 Å². The molecule has 8 heteroatoms. The van der Waals surface area contributed by atoms with E-state index in [4.69, 9.17) is 0 Å². The van der Waals surface area contributed by atoms with Crippen molar-refractivity contribution in [3.63, 3.8) is 0 Å². The molecule has 0 saturated heterocycles. The molecule has 0 radical (unpaired) electrons. The second-order valence-electron chi connectivity index (χ2n) is 7.69. The molecule has 0 saturated carbocycles. The smallest absolute Gasteiger partial charge is 0.242 e. The molecule has 0 aliphatic rings. The first kappa shape index (κ1) is 23.1. The summed E-state index contributed by atoms with van der Waals surface area (Å²) < 4.78 is 27.2. The van der Waals surface area contributed by atoms with E-state index in [1.54, 1.807) is 32.2 Å². The third-order valence-electron chi connectivity index (χ3n) is 5.55. The van der Waals surface area contributed by atoms with Crippen LogP contribution in [0.5, 0.6) is 0 Å². The summed E-state index contributed by atoms with van der Waals surface area (Å²) in [7, 11) is -2.00. The number of carbonyl (C=O) groups is 1. The van der Waals surface area contributed by atoms with Crippen LogP contribution in [0.4, 0.5) is 5.13 Å². The number of hydrogen-bond donors (Lipinski definition) is 1. The molecule has 4 rings (SSSR count). The highest BCUT2D eigenvalue weighted by Gasteiger charge is 2.21. The molecule has 6 nitrogen and oxygen atoms in total. The Kier molecular flexibility index (Phi) is 6.88. The summed E-state index contributed by atoms with van der Waals surface area (Å²) >= 11 is 1.27. The van der Waals surface area contributed by atoms with Crippen LogP contribution < -0.4 is 5.32 Å². The fourth-order valence-electron chi connectivity index (χ4n) is 3.62. The average Bonchev–Trinajstić information content (AvgIpc) is 3.24. The van der Waals surface area contributed by atoms with E-state index in [0.29, 0.717) is 21.9 Å². The van der Waals surface area contributed by atoms with Crippen molar-refractivity contribution >= 4 is 42.6 Å². The summed E-state index contributed by atoms with van der Waals surface area (Å²) in [4.78, 5) is 17.6. The first-order valence-electron chi connectivity index (χ1n) is 10.6. The number of benzene rings is 3. The van der Waals surface area contributed by atoms with E-state index in [-0.39, 0.29) is 23.1 Å². The van der Waals surface area contributed by atoms with Crippen molar-refractivity contribution in [2.45, 2.75) is 24.2 Å². The lowest BCUT2D eigenvalue weighted by Crippen LogP contribution is -2.26. The molecule has 1 heterocycles. The molecule has 4 aromatic rings. The predicted molar refractivity (Wildman–Crippen MR) is 133 cm³/mol. The maximum Gasteiger partial charge on any atom is 0.242 e. The number of thiazole rings is 1. The fraction of sp³-hybridized carbons (Fsp3) is 0.200. The molecule has 0 aliphatic heterocycles. The lowest BCUT2D eigenvalue weighted by Gasteiger charge is -2.17. The first-order chi connectivity index (χ1) is 15.9. The molecule has 1 aromatic heterocycles. The van der Waals surface area contributed by atoms with Gasteiger partial charge in [0.2, 0.25) is 15.9 Å². The third kappa shape index (κ3) is 5.13. The van der Waals surface area contributed by atoms with Crippen LogP contribution in [0, 0.1) is 0 Å². The molecule has 0 spiro atoms. The summed E-state index contributed by atoms with van der Waals surface area (Å²) in [5, 5.41) is 3.35. The van der Waals surface area contributed by atoms with E-state index < -0.39 is 10.0 Å². The van der Waals surface area contributed by atoms with Gasteiger partial charge in [0.1, 0.15) is 0 Å². The third-order valence-corrected chi connectivity index (χ3v) is 8.42. The molecule has 0 bridgehead atoms. The number of nitrogens with zero attached hydrogens (tertiary/aromatic N) is 2. The van der Waals surface area contributed by atoms with E-state index in [1.165, 1.54) is 15.6 Å². The number of nitrogens with one attached hydrogen (secondary N) is 1. The predicted octanol–water partition coefficient (Wildman–Crippen LogP) is 5.10. The number of anilines is 1. The largest absolute Gasteiger partial charge is 0.302 e. The van der Waals surface area contributed by atoms with Crippen LogP contribution in [0.1, 0.15) is 30.4 Å². The molecule has 1 N–H and O–H groups in total. The summed E-state index contributed by atoms with van der Waals surface area (Å²) in [5.41, 5.74) is 2.78. The molecular formula is C25H25N3O3S2. The van der Waals surface area contributed by atoms with E-state index in [0.717, 1.165) is 11.1 Å². The first-order valence-corrected chi connectivity index (χ1v) is 12.9. The van der Waals surface area contributed by atoms with Crippen molar-refractivity contribution in [1.82, 2.24) is 9.29 Å². The monoisotopic (exact) mass is 479 g/mol. The van der Waals surface area contributed by atoms with Crippen molar-refractivity contribution in [2.24, 2.45) is 0 Å². The van der Waals surface area contributed by atoms with E-state index in [9.17, 15) is 13.2 Å². The normalized spacial score (nSPS) is 11.9. The van der Waals surface area contributed by atoms with Crippen molar-refractivity contribution in [2.75, 3.05) is 18.9 Å². The summed E-state index contributed by atoms with van der Waals surface area (Å²) in [5.74, 6) is -0.228. The minimum atomic E-state index is -3.55. The molecule has 170 valence electrons. The molecule has 0 unspecified atom stereocenters. The Morgan fingerprint density at radius 2 is 1.61 bits per heavy atom. The van der Waals surface area contributed by atoms with E-state index in [2.05, 4.69) is 10.3 Å². The molecule has 3 aromatic carbocycles. The molecule has 0 aliphatic carbocycles. The maximum atomic E-state index is 13.0. The van der Waals surface area contributed by atoms with Gasteiger partial charge in [-0.2, -0.15) is 0 Å². The van der Waals surface area contributed by atoms with Crippen molar-refractivity contribution in [3.05, 3.63) is 90.0 Å². The quantitative estimate of drug-likeness (QED) is 0.381. The zero-order valence-corrected chi connectivity index (χ0v) is 20.1. The Bertz CT molecular complexity index is 1310. The minimum Gasteiger partial charge on any atom is -0.302 e. The van der Waals surface area contributed by atoms with Gasteiger partial charge in [-0.05, 0) is 29.3 Å². The number of aromatic nitrogens is 1. The van der Waals surface area contributed by atoms with E-state index >= 15 is 0 Å². The van der Waals surface area contributed by atoms with Gasteiger partial charge in [0.05, 0.1) is 15.1 Å². The van der Waals surface area contributed by atoms with Crippen LogP contribution in [0.25, 0.3) is 10.2 Å². The van der Waals surface area contributed by atoms with Gasteiger partial charge in [0.25, 0.3) is 0 Å². The number of rotatable bonds is 8. The lowest BCUT2D eigenvalue weighted by molar-refractivity contribution is -0.116. The van der Waals surface area contributed by atoms with Crippen LogP contribution in [0.15, 0.2) is 83.8 Å². The van der Waals surface area contributed by atoms with Crippen LogP contribution >= 0.6 is 11.3 Å².